The van der Waals surface area contributed by atoms with Crippen LogP contribution in [-0.2, 0) is 6.54 Å². The van der Waals surface area contributed by atoms with Crippen LogP contribution in [0.4, 0.5) is 0 Å². The van der Waals surface area contributed by atoms with Crippen molar-refractivity contribution in [2.24, 2.45) is 16.8 Å². The van der Waals surface area contributed by atoms with Gasteiger partial charge in [-0.1, -0.05) is 19.9 Å². The van der Waals surface area contributed by atoms with Crippen LogP contribution in [0.5, 0.6) is 0 Å². The Balaban J connectivity index is 0.00000261. The van der Waals surface area contributed by atoms with Crippen molar-refractivity contribution in [1.82, 2.24) is 15.1 Å². The number of thiophene rings is 1. The zero-order valence-electron chi connectivity index (χ0n) is 16.9. The molecular weight excluding hydrogens is 487 g/mol. The summed E-state index contributed by atoms with van der Waals surface area (Å²) in [5.74, 6) is 3.76. The van der Waals surface area contributed by atoms with E-state index >= 15 is 0 Å². The minimum absolute atomic E-state index is 0. The number of nitrogens with zero attached hydrogens (tertiary/aromatic N) is 3. The normalized spacial score (nSPS) is 24.7. The van der Waals surface area contributed by atoms with Gasteiger partial charge in [0.05, 0.1) is 0 Å². The van der Waals surface area contributed by atoms with Crippen LogP contribution in [0.3, 0.4) is 0 Å². The largest absolute Gasteiger partial charge is 0.356 e. The quantitative estimate of drug-likeness (QED) is 0.357. The van der Waals surface area contributed by atoms with E-state index in [-0.39, 0.29) is 24.0 Å². The highest BCUT2D eigenvalue weighted by molar-refractivity contribution is 14.0. The highest BCUT2D eigenvalue weighted by Crippen LogP contribution is 2.25. The van der Waals surface area contributed by atoms with Gasteiger partial charge in [0.2, 0.25) is 0 Å². The molecule has 0 amide bonds. The van der Waals surface area contributed by atoms with Crippen molar-refractivity contribution < 1.29 is 0 Å². The Morgan fingerprint density at radius 2 is 2.19 bits per heavy atom. The van der Waals surface area contributed by atoms with E-state index in [1.165, 1.54) is 36.6 Å². The third-order valence-electron chi connectivity index (χ3n) is 5.46. The second kappa shape index (κ2) is 11.9. The van der Waals surface area contributed by atoms with E-state index in [1.54, 1.807) is 0 Å². The average molecular weight is 523 g/mol. The Kier molecular flexibility index (Phi) is 10.2. The van der Waals surface area contributed by atoms with E-state index < -0.39 is 0 Å². The molecule has 0 aliphatic carbocycles. The third kappa shape index (κ3) is 7.08. The number of aliphatic imine (C=N–C) groups is 1. The number of piperidine rings is 1. The molecule has 7 heteroatoms. The molecule has 2 saturated heterocycles. The summed E-state index contributed by atoms with van der Waals surface area (Å²) >= 11 is 4.00. The Morgan fingerprint density at radius 1 is 1.33 bits per heavy atom. The maximum absolute atomic E-state index is 4.58. The van der Waals surface area contributed by atoms with E-state index in [1.807, 2.05) is 18.4 Å². The summed E-state index contributed by atoms with van der Waals surface area (Å²) in [4.78, 5) is 11.2. The molecule has 0 bridgehead atoms. The lowest BCUT2D eigenvalue weighted by Gasteiger charge is -2.37. The molecule has 2 fully saturated rings. The van der Waals surface area contributed by atoms with Crippen molar-refractivity contribution in [2.75, 3.05) is 45.5 Å². The van der Waals surface area contributed by atoms with Gasteiger partial charge in [0, 0.05) is 55.7 Å². The number of hydrogen-bond donors (Lipinski definition) is 1. The van der Waals surface area contributed by atoms with Crippen molar-refractivity contribution in [3.05, 3.63) is 22.4 Å². The Labute approximate surface area is 190 Å². The predicted molar refractivity (Wildman–Crippen MR) is 132 cm³/mol. The van der Waals surface area contributed by atoms with Gasteiger partial charge in [0.1, 0.15) is 0 Å². The van der Waals surface area contributed by atoms with Crippen molar-refractivity contribution in [2.45, 2.75) is 38.5 Å². The van der Waals surface area contributed by atoms with E-state index in [2.05, 4.69) is 63.2 Å². The van der Waals surface area contributed by atoms with Gasteiger partial charge in [-0.15, -0.1) is 35.3 Å². The molecule has 0 spiro atoms. The Hall–Kier alpha value is 0.01000. The van der Waals surface area contributed by atoms with E-state index in [0.717, 1.165) is 49.2 Å². The Morgan fingerprint density at radius 3 is 2.89 bits per heavy atom. The van der Waals surface area contributed by atoms with Gasteiger partial charge in [0.25, 0.3) is 0 Å². The summed E-state index contributed by atoms with van der Waals surface area (Å²) in [7, 11) is 1.93. The van der Waals surface area contributed by atoms with Crippen LogP contribution in [0.15, 0.2) is 22.5 Å². The first kappa shape index (κ1) is 23.3. The summed E-state index contributed by atoms with van der Waals surface area (Å²) in [6, 6.07) is 4.42. The van der Waals surface area contributed by atoms with Crippen molar-refractivity contribution in [3.63, 3.8) is 0 Å². The number of rotatable bonds is 5. The lowest BCUT2D eigenvalue weighted by molar-refractivity contribution is 0.169. The summed E-state index contributed by atoms with van der Waals surface area (Å²) in [5.41, 5.74) is 0. The molecule has 0 radical (unpaired) electrons. The summed E-state index contributed by atoms with van der Waals surface area (Å²) in [5, 5.41) is 6.60. The molecular formula is C20H35IN4S2. The second-order valence-electron chi connectivity index (χ2n) is 7.85. The fourth-order valence-electron chi connectivity index (χ4n) is 3.92. The van der Waals surface area contributed by atoms with Crippen LogP contribution in [0.25, 0.3) is 0 Å². The maximum atomic E-state index is 4.58. The molecule has 4 nitrogen and oxygen atoms in total. The molecule has 2 atom stereocenters. The predicted octanol–water partition coefficient (Wildman–Crippen LogP) is 4.23. The lowest BCUT2D eigenvalue weighted by Crippen LogP contribution is -2.50. The van der Waals surface area contributed by atoms with Gasteiger partial charge < -0.3 is 10.2 Å². The van der Waals surface area contributed by atoms with E-state index in [9.17, 15) is 0 Å². The molecule has 2 aliphatic heterocycles. The van der Waals surface area contributed by atoms with Crippen LogP contribution >= 0.6 is 47.1 Å². The van der Waals surface area contributed by atoms with Gasteiger partial charge in [0.15, 0.2) is 5.96 Å². The molecule has 3 rings (SSSR count). The number of hydrogen-bond acceptors (Lipinski definition) is 4. The average Bonchev–Trinajstić information content (AvgIpc) is 3.16. The molecule has 1 aromatic heterocycles. The smallest absolute Gasteiger partial charge is 0.193 e. The van der Waals surface area contributed by atoms with Gasteiger partial charge in [-0.2, -0.15) is 11.8 Å². The van der Waals surface area contributed by atoms with Crippen LogP contribution < -0.4 is 5.32 Å². The number of likely N-dealkylation sites (tertiary alicyclic amines) is 1. The fourth-order valence-corrected chi connectivity index (χ4v) is 5.97. The van der Waals surface area contributed by atoms with E-state index in [4.69, 9.17) is 0 Å². The SMILES string of the molecule is CN=C(NCC1CCCN(Cc2cccs2)C1)N1CCSC(C(C)C)C1.I. The van der Waals surface area contributed by atoms with Gasteiger partial charge in [-0.3, -0.25) is 9.89 Å². The maximum Gasteiger partial charge on any atom is 0.193 e. The van der Waals surface area contributed by atoms with Crippen LogP contribution in [0, 0.1) is 11.8 Å². The monoisotopic (exact) mass is 522 g/mol. The summed E-state index contributed by atoms with van der Waals surface area (Å²) in [6.07, 6.45) is 2.64. The second-order valence-corrected chi connectivity index (χ2v) is 10.2. The number of nitrogens with one attached hydrogen (secondary N) is 1. The van der Waals surface area contributed by atoms with Gasteiger partial charge in [-0.05, 0) is 42.7 Å². The molecule has 27 heavy (non-hydrogen) atoms. The van der Waals surface area contributed by atoms with Crippen LogP contribution in [0.2, 0.25) is 0 Å². The van der Waals surface area contributed by atoms with Crippen molar-refractivity contribution >= 4 is 53.0 Å². The number of thioether (sulfide) groups is 1. The lowest BCUT2D eigenvalue weighted by atomic mass is 9.98. The minimum Gasteiger partial charge on any atom is -0.356 e. The van der Waals surface area contributed by atoms with Crippen molar-refractivity contribution in [3.8, 4) is 0 Å². The highest BCUT2D eigenvalue weighted by atomic mass is 127. The molecule has 154 valence electrons. The number of halogens is 1. The summed E-state index contributed by atoms with van der Waals surface area (Å²) < 4.78 is 0. The van der Waals surface area contributed by atoms with Crippen LogP contribution in [-0.4, -0.2) is 66.5 Å². The molecule has 0 saturated carbocycles. The first-order chi connectivity index (χ1) is 12.7. The first-order valence-corrected chi connectivity index (χ1v) is 11.9. The van der Waals surface area contributed by atoms with Gasteiger partial charge in [-0.25, -0.2) is 0 Å². The standard InChI is InChI=1S/C20H34N4S2.HI/c1-16(2)19-15-24(9-11-26-19)20(21-3)22-12-17-6-4-8-23(13-17)14-18-7-5-10-25-18;/h5,7,10,16-17,19H,4,6,8-9,11-15H2,1-3H3,(H,21,22);1H. The molecule has 2 aliphatic rings. The summed E-state index contributed by atoms with van der Waals surface area (Å²) in [6.45, 7) is 11.5. The highest BCUT2D eigenvalue weighted by Gasteiger charge is 2.26. The zero-order chi connectivity index (χ0) is 18.4. The molecule has 1 aromatic rings. The molecule has 1 N–H and O–H groups in total. The fraction of sp³-hybridized carbons (Fsp3) is 0.750. The van der Waals surface area contributed by atoms with Crippen LogP contribution in [0.1, 0.15) is 31.6 Å². The molecule has 2 unspecified atom stereocenters. The third-order valence-corrected chi connectivity index (χ3v) is 7.86. The van der Waals surface area contributed by atoms with Crippen molar-refractivity contribution in [1.29, 1.82) is 0 Å². The first-order valence-electron chi connectivity index (χ1n) is 9.97. The topological polar surface area (TPSA) is 30.9 Å². The Bertz CT molecular complexity index is 564. The van der Waals surface area contributed by atoms with Gasteiger partial charge >= 0.3 is 0 Å². The minimum atomic E-state index is 0. The van der Waals surface area contributed by atoms with E-state index in [0.29, 0.717) is 0 Å². The zero-order valence-corrected chi connectivity index (χ0v) is 20.9. The molecule has 3 heterocycles. The molecule has 0 aromatic carbocycles. The number of guanidine groups is 1.